The van der Waals surface area contributed by atoms with E-state index < -0.39 is 0 Å². The van der Waals surface area contributed by atoms with E-state index in [1.165, 1.54) is 14.2 Å². The molecule has 0 amide bonds. The van der Waals surface area contributed by atoms with Crippen molar-refractivity contribution in [3.63, 3.8) is 0 Å². The van der Waals surface area contributed by atoms with Crippen molar-refractivity contribution in [1.82, 2.24) is 9.97 Å². The molecule has 0 spiro atoms. The lowest BCUT2D eigenvalue weighted by Crippen LogP contribution is -1.91. The number of imidazole rings is 1. The van der Waals surface area contributed by atoms with Gasteiger partial charge in [-0.2, -0.15) is 0 Å². The summed E-state index contributed by atoms with van der Waals surface area (Å²) >= 11 is 0. The number of hydrogen-bond acceptors (Lipinski definition) is 4. The molecular formula is C11H12N2O3. The fourth-order valence-electron chi connectivity index (χ4n) is 1.45. The number of nitrogens with one attached hydrogen (secondary N) is 1. The van der Waals surface area contributed by atoms with E-state index in [2.05, 4.69) is 9.97 Å². The van der Waals surface area contributed by atoms with Gasteiger partial charge in [0.05, 0.1) is 14.2 Å². The van der Waals surface area contributed by atoms with Gasteiger partial charge in [0, 0.05) is 18.0 Å². The van der Waals surface area contributed by atoms with E-state index in [-0.39, 0.29) is 5.75 Å². The largest absolute Gasteiger partial charge is 0.502 e. The summed E-state index contributed by atoms with van der Waals surface area (Å²) in [5.41, 5.74) is 0.788. The lowest BCUT2D eigenvalue weighted by atomic mass is 10.1. The predicted octanol–water partition coefficient (Wildman–Crippen LogP) is 1.80. The van der Waals surface area contributed by atoms with Crippen molar-refractivity contribution in [1.29, 1.82) is 0 Å². The fraction of sp³-hybridized carbons (Fsp3) is 0.182. The highest BCUT2D eigenvalue weighted by molar-refractivity contribution is 5.66. The molecule has 2 rings (SSSR count). The molecule has 0 bridgehead atoms. The van der Waals surface area contributed by atoms with E-state index in [4.69, 9.17) is 9.47 Å². The van der Waals surface area contributed by atoms with E-state index in [0.29, 0.717) is 17.3 Å². The van der Waals surface area contributed by atoms with E-state index in [0.717, 1.165) is 5.56 Å². The van der Waals surface area contributed by atoms with Gasteiger partial charge in [0.15, 0.2) is 11.5 Å². The Morgan fingerprint density at radius 1 is 1.19 bits per heavy atom. The topological polar surface area (TPSA) is 67.4 Å². The first-order valence-corrected chi connectivity index (χ1v) is 4.71. The first kappa shape index (κ1) is 10.4. The minimum atomic E-state index is -0.0136. The van der Waals surface area contributed by atoms with Crippen LogP contribution in [0.4, 0.5) is 0 Å². The van der Waals surface area contributed by atoms with Crippen LogP contribution in [0.25, 0.3) is 11.4 Å². The zero-order valence-electron chi connectivity index (χ0n) is 9.02. The molecule has 0 saturated heterocycles. The minimum absolute atomic E-state index is 0.0136. The van der Waals surface area contributed by atoms with Gasteiger partial charge in [-0.3, -0.25) is 0 Å². The number of phenols is 1. The van der Waals surface area contributed by atoms with Crippen LogP contribution >= 0.6 is 0 Å². The lowest BCUT2D eigenvalue weighted by molar-refractivity contribution is 0.340. The molecule has 2 N–H and O–H groups in total. The maximum Gasteiger partial charge on any atom is 0.200 e. The van der Waals surface area contributed by atoms with E-state index in [9.17, 15) is 5.11 Å². The Morgan fingerprint density at radius 2 is 1.81 bits per heavy atom. The highest BCUT2D eigenvalue weighted by Crippen LogP contribution is 2.39. The molecule has 0 saturated carbocycles. The molecule has 0 fully saturated rings. The second-order valence-electron chi connectivity index (χ2n) is 3.17. The molecule has 84 valence electrons. The number of benzene rings is 1. The van der Waals surface area contributed by atoms with Gasteiger partial charge >= 0.3 is 0 Å². The summed E-state index contributed by atoms with van der Waals surface area (Å²) in [6.07, 6.45) is 3.38. The molecule has 1 aromatic heterocycles. The zero-order chi connectivity index (χ0) is 11.5. The number of aromatic amines is 1. The van der Waals surface area contributed by atoms with Crippen molar-refractivity contribution in [3.05, 3.63) is 24.5 Å². The molecule has 0 aliphatic carbocycles. The van der Waals surface area contributed by atoms with Crippen LogP contribution in [0.15, 0.2) is 24.5 Å². The summed E-state index contributed by atoms with van der Waals surface area (Å²) in [5.74, 6) is 1.38. The Hall–Kier alpha value is -2.17. The van der Waals surface area contributed by atoms with Crippen LogP contribution in [0, 0.1) is 0 Å². The van der Waals surface area contributed by atoms with Crippen LogP contribution in [0.1, 0.15) is 0 Å². The maximum absolute atomic E-state index is 9.73. The monoisotopic (exact) mass is 220 g/mol. The molecular weight excluding hydrogens is 208 g/mol. The van der Waals surface area contributed by atoms with Gasteiger partial charge in [-0.05, 0) is 12.1 Å². The Labute approximate surface area is 92.7 Å². The van der Waals surface area contributed by atoms with Crippen LogP contribution < -0.4 is 9.47 Å². The summed E-state index contributed by atoms with van der Waals surface area (Å²) in [7, 11) is 2.97. The number of aromatic nitrogens is 2. The second-order valence-corrected chi connectivity index (χ2v) is 3.17. The Bertz CT molecular complexity index is 455. The normalized spacial score (nSPS) is 10.1. The van der Waals surface area contributed by atoms with Crippen LogP contribution in [-0.2, 0) is 0 Å². The van der Waals surface area contributed by atoms with Crippen LogP contribution in [-0.4, -0.2) is 29.3 Å². The molecule has 1 heterocycles. The number of H-pyrrole nitrogens is 1. The van der Waals surface area contributed by atoms with E-state index in [1.54, 1.807) is 24.5 Å². The van der Waals surface area contributed by atoms with Crippen molar-refractivity contribution in [2.75, 3.05) is 14.2 Å². The summed E-state index contributed by atoms with van der Waals surface area (Å²) in [5, 5.41) is 9.73. The third-order valence-corrected chi connectivity index (χ3v) is 2.25. The molecule has 0 aliphatic rings. The third kappa shape index (κ3) is 1.67. The van der Waals surface area contributed by atoms with Crippen LogP contribution in [0.5, 0.6) is 17.2 Å². The van der Waals surface area contributed by atoms with Crippen LogP contribution in [0.2, 0.25) is 0 Å². The number of aromatic hydroxyl groups is 1. The first-order valence-electron chi connectivity index (χ1n) is 4.71. The minimum Gasteiger partial charge on any atom is -0.502 e. The second kappa shape index (κ2) is 4.14. The van der Waals surface area contributed by atoms with Gasteiger partial charge in [-0.15, -0.1) is 0 Å². The smallest absolute Gasteiger partial charge is 0.200 e. The molecule has 2 aromatic rings. The Kier molecular flexibility index (Phi) is 2.68. The summed E-state index contributed by atoms with van der Waals surface area (Å²) in [4.78, 5) is 7.09. The van der Waals surface area contributed by atoms with Gasteiger partial charge in [0.25, 0.3) is 0 Å². The van der Waals surface area contributed by atoms with Crippen LogP contribution in [0.3, 0.4) is 0 Å². The summed E-state index contributed by atoms with van der Waals surface area (Å²) < 4.78 is 10.1. The van der Waals surface area contributed by atoms with Crippen molar-refractivity contribution in [3.8, 4) is 28.6 Å². The molecule has 16 heavy (non-hydrogen) atoms. The van der Waals surface area contributed by atoms with Gasteiger partial charge in [-0.1, -0.05) is 0 Å². The predicted molar refractivity (Wildman–Crippen MR) is 58.8 cm³/mol. The average molecular weight is 220 g/mol. The zero-order valence-corrected chi connectivity index (χ0v) is 9.02. The molecule has 5 heteroatoms. The van der Waals surface area contributed by atoms with Crippen molar-refractivity contribution in [2.45, 2.75) is 0 Å². The Balaban J connectivity index is 2.56. The number of rotatable bonds is 3. The summed E-state index contributed by atoms with van der Waals surface area (Å²) in [6.45, 7) is 0. The van der Waals surface area contributed by atoms with Crippen molar-refractivity contribution < 1.29 is 14.6 Å². The standard InChI is InChI=1S/C11H12N2O3/c1-15-8-5-7(11-12-3-4-13-11)6-9(16-2)10(8)14/h3-6,14H,1-2H3,(H,12,13). The first-order chi connectivity index (χ1) is 7.76. The SMILES string of the molecule is COc1cc(-c2ncc[nH]2)cc(OC)c1O. The molecule has 1 aromatic carbocycles. The molecule has 0 radical (unpaired) electrons. The highest BCUT2D eigenvalue weighted by Gasteiger charge is 2.12. The number of nitrogens with zero attached hydrogens (tertiary/aromatic N) is 1. The molecule has 5 nitrogen and oxygen atoms in total. The molecule has 0 atom stereocenters. The third-order valence-electron chi connectivity index (χ3n) is 2.25. The maximum atomic E-state index is 9.73. The number of methoxy groups -OCH3 is 2. The number of ether oxygens (including phenoxy) is 2. The fourth-order valence-corrected chi connectivity index (χ4v) is 1.45. The van der Waals surface area contributed by atoms with Gasteiger partial charge < -0.3 is 19.6 Å². The molecule has 0 aliphatic heterocycles. The highest BCUT2D eigenvalue weighted by atomic mass is 16.5. The average Bonchev–Trinajstić information content (AvgIpc) is 2.83. The van der Waals surface area contributed by atoms with Crippen molar-refractivity contribution in [2.24, 2.45) is 0 Å². The van der Waals surface area contributed by atoms with Gasteiger partial charge in [-0.25, -0.2) is 4.98 Å². The van der Waals surface area contributed by atoms with Crippen molar-refractivity contribution >= 4 is 0 Å². The number of phenolic OH excluding ortho intramolecular Hbond substituents is 1. The van der Waals surface area contributed by atoms with Gasteiger partial charge in [0.1, 0.15) is 5.82 Å². The quantitative estimate of drug-likeness (QED) is 0.827. The molecule has 0 unspecified atom stereocenters. The lowest BCUT2D eigenvalue weighted by Gasteiger charge is -2.09. The summed E-state index contributed by atoms with van der Waals surface area (Å²) in [6, 6.07) is 3.38. The van der Waals surface area contributed by atoms with E-state index >= 15 is 0 Å². The Morgan fingerprint density at radius 3 is 2.25 bits per heavy atom. The van der Waals surface area contributed by atoms with Gasteiger partial charge in [0.2, 0.25) is 5.75 Å². The number of hydrogen-bond donors (Lipinski definition) is 2. The van der Waals surface area contributed by atoms with E-state index in [1.807, 2.05) is 0 Å².